The number of benzene rings is 1. The molecular weight excluding hydrogens is 279 g/mol. The van der Waals surface area contributed by atoms with E-state index in [0.717, 1.165) is 12.1 Å². The fraction of sp³-hybridized carbons (Fsp3) is 0.250. The van der Waals surface area contributed by atoms with E-state index in [0.29, 0.717) is 0 Å². The Morgan fingerprint density at radius 3 is 2.33 bits per heavy atom. The summed E-state index contributed by atoms with van der Waals surface area (Å²) in [7, 11) is 0. The fourth-order valence-corrected chi connectivity index (χ4v) is 1.43. The second-order valence-electron chi connectivity index (χ2n) is 2.72. The van der Waals surface area contributed by atoms with Gasteiger partial charge in [-0.2, -0.15) is 13.2 Å². The Hall–Kier alpha value is -1.11. The minimum atomic E-state index is -4.55. The molecule has 1 rings (SSSR count). The van der Waals surface area contributed by atoms with E-state index >= 15 is 0 Å². The molecule has 1 unspecified atom stereocenters. The van der Waals surface area contributed by atoms with Gasteiger partial charge in [0.05, 0.1) is 10.5 Å². The number of nitro groups is 1. The summed E-state index contributed by atoms with van der Waals surface area (Å²) in [6.07, 6.45) is -4.55. The Kier molecular flexibility index (Phi) is 3.33. The normalized spacial score (nSPS) is 13.6. The SMILES string of the molecule is O=[N+]([O-])c1ccccc1C(Br)C(F)(F)F. The summed E-state index contributed by atoms with van der Waals surface area (Å²) in [5.41, 5.74) is -0.938. The van der Waals surface area contributed by atoms with Gasteiger partial charge in [-0.15, -0.1) is 0 Å². The Morgan fingerprint density at radius 1 is 1.33 bits per heavy atom. The molecule has 0 aliphatic heterocycles. The van der Waals surface area contributed by atoms with Crippen molar-refractivity contribution in [2.45, 2.75) is 11.0 Å². The van der Waals surface area contributed by atoms with Crippen molar-refractivity contribution < 1.29 is 18.1 Å². The molecule has 82 valence electrons. The molecular formula is C8H5BrF3NO2. The summed E-state index contributed by atoms with van der Waals surface area (Å²) >= 11 is 2.40. The van der Waals surface area contributed by atoms with Crippen LogP contribution in [-0.2, 0) is 0 Å². The van der Waals surface area contributed by atoms with Crippen molar-refractivity contribution in [3.63, 3.8) is 0 Å². The van der Waals surface area contributed by atoms with Crippen molar-refractivity contribution in [1.82, 2.24) is 0 Å². The fourth-order valence-electron chi connectivity index (χ4n) is 1.04. The zero-order valence-electron chi connectivity index (χ0n) is 7.16. The van der Waals surface area contributed by atoms with Crippen LogP contribution in [0.2, 0.25) is 0 Å². The number of alkyl halides is 4. The highest BCUT2D eigenvalue weighted by Gasteiger charge is 2.41. The molecule has 0 fully saturated rings. The highest BCUT2D eigenvalue weighted by Crippen LogP contribution is 2.42. The summed E-state index contributed by atoms with van der Waals surface area (Å²) in [5, 5.41) is 10.5. The molecule has 1 aromatic carbocycles. The molecule has 0 saturated heterocycles. The molecule has 7 heteroatoms. The standard InChI is InChI=1S/C8H5BrF3NO2/c9-7(8(10,11)12)5-3-1-2-4-6(5)13(14)15/h1-4,7H. The Bertz CT molecular complexity index is 380. The van der Waals surface area contributed by atoms with E-state index in [1.807, 2.05) is 0 Å². The monoisotopic (exact) mass is 283 g/mol. The van der Waals surface area contributed by atoms with Crippen LogP contribution >= 0.6 is 15.9 Å². The van der Waals surface area contributed by atoms with E-state index < -0.39 is 27.2 Å². The molecule has 1 aromatic rings. The Labute approximate surface area is 91.2 Å². The highest BCUT2D eigenvalue weighted by atomic mass is 79.9. The largest absolute Gasteiger partial charge is 0.405 e. The molecule has 0 N–H and O–H groups in total. The molecule has 3 nitrogen and oxygen atoms in total. The topological polar surface area (TPSA) is 43.1 Å². The molecule has 0 spiro atoms. The van der Waals surface area contributed by atoms with Crippen molar-refractivity contribution in [3.05, 3.63) is 39.9 Å². The predicted octanol–water partition coefficient (Wildman–Crippen LogP) is 3.59. The maximum Gasteiger partial charge on any atom is 0.405 e. The van der Waals surface area contributed by atoms with Gasteiger partial charge >= 0.3 is 6.18 Å². The van der Waals surface area contributed by atoms with E-state index in [1.54, 1.807) is 0 Å². The van der Waals surface area contributed by atoms with E-state index in [9.17, 15) is 23.3 Å². The molecule has 0 amide bonds. The van der Waals surface area contributed by atoms with Crippen LogP contribution in [0.3, 0.4) is 0 Å². The smallest absolute Gasteiger partial charge is 0.258 e. The molecule has 0 aromatic heterocycles. The third kappa shape index (κ3) is 2.68. The van der Waals surface area contributed by atoms with E-state index in [4.69, 9.17) is 0 Å². The van der Waals surface area contributed by atoms with Gasteiger partial charge in [0.25, 0.3) is 5.69 Å². The van der Waals surface area contributed by atoms with Crippen LogP contribution in [0.1, 0.15) is 10.4 Å². The van der Waals surface area contributed by atoms with Gasteiger partial charge in [-0.25, -0.2) is 0 Å². The first-order chi connectivity index (χ1) is 6.84. The van der Waals surface area contributed by atoms with E-state index in [2.05, 4.69) is 15.9 Å². The van der Waals surface area contributed by atoms with Gasteiger partial charge in [-0.1, -0.05) is 34.1 Å². The maximum absolute atomic E-state index is 12.3. The summed E-state index contributed by atoms with van der Waals surface area (Å²) in [6.45, 7) is 0. The zero-order valence-corrected chi connectivity index (χ0v) is 8.75. The van der Waals surface area contributed by atoms with Gasteiger partial charge in [0.2, 0.25) is 0 Å². The van der Waals surface area contributed by atoms with Crippen molar-refractivity contribution in [2.75, 3.05) is 0 Å². The maximum atomic E-state index is 12.3. The van der Waals surface area contributed by atoms with Crippen LogP contribution in [0.15, 0.2) is 24.3 Å². The first kappa shape index (κ1) is 12.0. The van der Waals surface area contributed by atoms with Gasteiger partial charge in [0.15, 0.2) is 0 Å². The Morgan fingerprint density at radius 2 is 1.87 bits per heavy atom. The zero-order chi connectivity index (χ0) is 11.6. The molecule has 0 saturated carbocycles. The molecule has 0 bridgehead atoms. The molecule has 0 heterocycles. The minimum Gasteiger partial charge on any atom is -0.258 e. The second kappa shape index (κ2) is 4.18. The average molecular weight is 284 g/mol. The number of hydrogen-bond acceptors (Lipinski definition) is 2. The van der Waals surface area contributed by atoms with Gasteiger partial charge in [0, 0.05) is 6.07 Å². The number of rotatable bonds is 2. The van der Waals surface area contributed by atoms with E-state index in [1.165, 1.54) is 12.1 Å². The average Bonchev–Trinajstić information content (AvgIpc) is 2.15. The van der Waals surface area contributed by atoms with Crippen molar-refractivity contribution in [2.24, 2.45) is 0 Å². The number of nitrogens with zero attached hydrogens (tertiary/aromatic N) is 1. The summed E-state index contributed by atoms with van der Waals surface area (Å²) < 4.78 is 36.9. The van der Waals surface area contributed by atoms with Gasteiger partial charge in [0.1, 0.15) is 4.83 Å². The lowest BCUT2D eigenvalue weighted by Gasteiger charge is -2.13. The Balaban J connectivity index is 3.19. The van der Waals surface area contributed by atoms with Crippen LogP contribution in [0.4, 0.5) is 18.9 Å². The van der Waals surface area contributed by atoms with Crippen LogP contribution in [0.5, 0.6) is 0 Å². The van der Waals surface area contributed by atoms with Crippen LogP contribution in [0, 0.1) is 10.1 Å². The van der Waals surface area contributed by atoms with Gasteiger partial charge in [-0.3, -0.25) is 10.1 Å². The van der Waals surface area contributed by atoms with Crippen LogP contribution < -0.4 is 0 Å². The second-order valence-corrected chi connectivity index (χ2v) is 3.64. The van der Waals surface area contributed by atoms with Crippen LogP contribution in [-0.4, -0.2) is 11.1 Å². The van der Waals surface area contributed by atoms with E-state index in [-0.39, 0.29) is 0 Å². The van der Waals surface area contributed by atoms with Crippen molar-refractivity contribution >= 4 is 21.6 Å². The van der Waals surface area contributed by atoms with Crippen molar-refractivity contribution in [1.29, 1.82) is 0 Å². The molecule has 0 aliphatic rings. The third-order valence-corrected chi connectivity index (χ3v) is 2.71. The molecule has 15 heavy (non-hydrogen) atoms. The number of para-hydroxylation sites is 1. The lowest BCUT2D eigenvalue weighted by atomic mass is 10.1. The first-order valence-corrected chi connectivity index (χ1v) is 4.69. The van der Waals surface area contributed by atoms with Crippen molar-refractivity contribution in [3.8, 4) is 0 Å². The number of hydrogen-bond donors (Lipinski definition) is 0. The predicted molar refractivity (Wildman–Crippen MR) is 50.8 cm³/mol. The molecule has 0 aliphatic carbocycles. The quantitative estimate of drug-likeness (QED) is 0.473. The first-order valence-electron chi connectivity index (χ1n) is 3.78. The number of nitro benzene ring substituents is 1. The minimum absolute atomic E-state index is 0.394. The summed E-state index contributed by atoms with van der Waals surface area (Å²) in [6, 6.07) is 4.75. The lowest BCUT2D eigenvalue weighted by Crippen LogP contribution is -2.16. The van der Waals surface area contributed by atoms with Crippen LogP contribution in [0.25, 0.3) is 0 Å². The molecule has 0 radical (unpaired) electrons. The summed E-state index contributed by atoms with van der Waals surface area (Å²) in [5.74, 6) is 0. The van der Waals surface area contributed by atoms with Gasteiger partial charge < -0.3 is 0 Å². The third-order valence-electron chi connectivity index (χ3n) is 1.69. The van der Waals surface area contributed by atoms with Gasteiger partial charge in [-0.05, 0) is 0 Å². The number of halogens is 4. The summed E-state index contributed by atoms with van der Waals surface area (Å²) in [4.78, 5) is 7.61. The highest BCUT2D eigenvalue weighted by molar-refractivity contribution is 9.09. The molecule has 1 atom stereocenters. The lowest BCUT2D eigenvalue weighted by molar-refractivity contribution is -0.386.